The summed E-state index contributed by atoms with van der Waals surface area (Å²) in [5, 5.41) is 0. The summed E-state index contributed by atoms with van der Waals surface area (Å²) >= 11 is 0. The molecule has 0 aromatic heterocycles. The Balaban J connectivity index is 3.85. The molecular formula is C15H26N2O2S. The van der Waals surface area contributed by atoms with Crippen LogP contribution in [0.3, 0.4) is 0 Å². The number of hydrogen-bond donors (Lipinski definition) is 2. The summed E-state index contributed by atoms with van der Waals surface area (Å²) in [5.74, 6) is 5.76. The first kappa shape index (κ1) is 17.1. The standard InChI is InChI=1S/C15H26N2O2S/c1-9(2)12-7-8-13(10(3)4)15(14(12)11(5)6)20(18,19)17-16/h7-11,17H,16H2,1-6H3. The molecule has 4 nitrogen and oxygen atoms in total. The van der Waals surface area contributed by atoms with E-state index in [-0.39, 0.29) is 17.8 Å². The van der Waals surface area contributed by atoms with E-state index in [9.17, 15) is 8.42 Å². The summed E-state index contributed by atoms with van der Waals surface area (Å²) in [7, 11) is -3.68. The van der Waals surface area contributed by atoms with E-state index in [1.807, 2.05) is 44.7 Å². The quantitative estimate of drug-likeness (QED) is 0.647. The van der Waals surface area contributed by atoms with E-state index in [2.05, 4.69) is 13.8 Å². The molecule has 20 heavy (non-hydrogen) atoms. The minimum atomic E-state index is -3.68. The maximum Gasteiger partial charge on any atom is 0.253 e. The van der Waals surface area contributed by atoms with Crippen molar-refractivity contribution in [2.45, 2.75) is 64.2 Å². The number of hydrazine groups is 1. The fraction of sp³-hybridized carbons (Fsp3) is 0.600. The molecule has 1 aromatic carbocycles. The third-order valence-electron chi connectivity index (χ3n) is 3.51. The molecule has 0 fully saturated rings. The number of benzene rings is 1. The molecule has 0 unspecified atom stereocenters. The molecule has 1 rings (SSSR count). The lowest BCUT2D eigenvalue weighted by Crippen LogP contribution is -2.32. The Morgan fingerprint density at radius 1 is 0.900 bits per heavy atom. The fourth-order valence-electron chi connectivity index (χ4n) is 2.54. The lowest BCUT2D eigenvalue weighted by Gasteiger charge is -2.24. The van der Waals surface area contributed by atoms with Gasteiger partial charge in [-0.3, -0.25) is 5.84 Å². The van der Waals surface area contributed by atoms with Crippen molar-refractivity contribution in [1.82, 2.24) is 4.83 Å². The summed E-state index contributed by atoms with van der Waals surface area (Å²) in [6.45, 7) is 12.2. The lowest BCUT2D eigenvalue weighted by atomic mass is 9.87. The average Bonchev–Trinajstić information content (AvgIpc) is 2.36. The van der Waals surface area contributed by atoms with Crippen LogP contribution in [-0.2, 0) is 10.0 Å². The maximum absolute atomic E-state index is 12.4. The number of sulfonamides is 1. The molecule has 0 heterocycles. The fourth-order valence-corrected chi connectivity index (χ4v) is 3.92. The van der Waals surface area contributed by atoms with Crippen molar-refractivity contribution in [3.63, 3.8) is 0 Å². The second-order valence-electron chi connectivity index (χ2n) is 6.07. The molecule has 0 atom stereocenters. The Morgan fingerprint density at radius 2 is 1.35 bits per heavy atom. The van der Waals surface area contributed by atoms with E-state index in [1.165, 1.54) is 0 Å². The Morgan fingerprint density at radius 3 is 1.70 bits per heavy atom. The van der Waals surface area contributed by atoms with Crippen molar-refractivity contribution in [1.29, 1.82) is 0 Å². The Bertz CT molecular complexity index is 576. The summed E-state index contributed by atoms with van der Waals surface area (Å²) in [6.07, 6.45) is 0. The molecule has 0 radical (unpaired) electrons. The molecule has 0 saturated carbocycles. The van der Waals surface area contributed by atoms with Crippen LogP contribution in [0.1, 0.15) is 76.0 Å². The van der Waals surface area contributed by atoms with Crippen molar-refractivity contribution in [3.05, 3.63) is 28.8 Å². The third-order valence-corrected chi connectivity index (χ3v) is 4.81. The SMILES string of the molecule is CC(C)c1ccc(C(C)C)c(S(=O)(=O)NN)c1C(C)C. The van der Waals surface area contributed by atoms with Crippen LogP contribution in [0, 0.1) is 0 Å². The molecule has 5 heteroatoms. The summed E-state index contributed by atoms with van der Waals surface area (Å²) < 4.78 is 24.8. The highest BCUT2D eigenvalue weighted by Gasteiger charge is 2.27. The van der Waals surface area contributed by atoms with Crippen LogP contribution in [0.5, 0.6) is 0 Å². The van der Waals surface area contributed by atoms with Crippen LogP contribution in [0.2, 0.25) is 0 Å². The molecule has 0 aliphatic rings. The van der Waals surface area contributed by atoms with Gasteiger partial charge in [-0.1, -0.05) is 53.7 Å². The molecular weight excluding hydrogens is 272 g/mol. The molecule has 0 amide bonds. The van der Waals surface area contributed by atoms with E-state index < -0.39 is 10.0 Å². The zero-order valence-corrected chi connectivity index (χ0v) is 14.0. The number of hydrogen-bond acceptors (Lipinski definition) is 3. The van der Waals surface area contributed by atoms with Gasteiger partial charge in [0.25, 0.3) is 10.0 Å². The highest BCUT2D eigenvalue weighted by atomic mass is 32.2. The van der Waals surface area contributed by atoms with Gasteiger partial charge >= 0.3 is 0 Å². The van der Waals surface area contributed by atoms with E-state index in [0.29, 0.717) is 4.90 Å². The first-order valence-corrected chi connectivity index (χ1v) is 8.50. The van der Waals surface area contributed by atoms with Crippen molar-refractivity contribution in [3.8, 4) is 0 Å². The molecule has 3 N–H and O–H groups in total. The van der Waals surface area contributed by atoms with Crippen LogP contribution >= 0.6 is 0 Å². The smallest absolute Gasteiger partial charge is 0.253 e. The number of rotatable bonds is 5. The summed E-state index contributed by atoms with van der Waals surface area (Å²) in [4.78, 5) is 2.34. The van der Waals surface area contributed by atoms with Gasteiger partial charge in [0.15, 0.2) is 0 Å². The predicted molar refractivity (Wildman–Crippen MR) is 83.2 cm³/mol. The van der Waals surface area contributed by atoms with E-state index in [4.69, 9.17) is 5.84 Å². The predicted octanol–water partition coefficient (Wildman–Crippen LogP) is 3.21. The Kier molecular flexibility index (Phi) is 5.35. The van der Waals surface area contributed by atoms with Crippen LogP contribution < -0.4 is 10.7 Å². The summed E-state index contributed by atoms with van der Waals surface area (Å²) in [5.41, 5.74) is 2.76. The van der Waals surface area contributed by atoms with Crippen LogP contribution in [0.25, 0.3) is 0 Å². The van der Waals surface area contributed by atoms with Crippen molar-refractivity contribution >= 4 is 10.0 Å². The van der Waals surface area contributed by atoms with Gasteiger partial charge in [-0.25, -0.2) is 8.42 Å². The first-order chi connectivity index (χ1) is 9.13. The normalized spacial score (nSPS) is 12.7. The molecule has 0 bridgehead atoms. The van der Waals surface area contributed by atoms with Gasteiger partial charge in [0.1, 0.15) is 0 Å². The van der Waals surface area contributed by atoms with E-state index in [0.717, 1.165) is 16.7 Å². The zero-order chi connectivity index (χ0) is 15.7. The van der Waals surface area contributed by atoms with Crippen molar-refractivity contribution < 1.29 is 8.42 Å². The van der Waals surface area contributed by atoms with Gasteiger partial charge in [-0.05, 0) is 34.4 Å². The van der Waals surface area contributed by atoms with Gasteiger partial charge in [0.05, 0.1) is 4.90 Å². The van der Waals surface area contributed by atoms with Crippen LogP contribution in [0.4, 0.5) is 0 Å². The van der Waals surface area contributed by atoms with E-state index in [1.54, 1.807) is 0 Å². The van der Waals surface area contributed by atoms with Gasteiger partial charge in [0.2, 0.25) is 0 Å². The zero-order valence-electron chi connectivity index (χ0n) is 13.2. The lowest BCUT2D eigenvalue weighted by molar-refractivity contribution is 0.578. The van der Waals surface area contributed by atoms with Gasteiger partial charge < -0.3 is 0 Å². The van der Waals surface area contributed by atoms with Crippen molar-refractivity contribution in [2.24, 2.45) is 5.84 Å². The molecule has 0 aliphatic heterocycles. The second-order valence-corrected chi connectivity index (χ2v) is 7.72. The largest absolute Gasteiger partial charge is 0.257 e. The highest BCUT2D eigenvalue weighted by Crippen LogP contribution is 2.36. The Hall–Kier alpha value is -0.910. The first-order valence-electron chi connectivity index (χ1n) is 7.02. The maximum atomic E-state index is 12.4. The van der Waals surface area contributed by atoms with Crippen molar-refractivity contribution in [2.75, 3.05) is 0 Å². The second kappa shape index (κ2) is 6.24. The minimum Gasteiger partial charge on any atom is -0.257 e. The minimum absolute atomic E-state index is 0.115. The topological polar surface area (TPSA) is 72.2 Å². The highest BCUT2D eigenvalue weighted by molar-refractivity contribution is 7.89. The number of nitrogens with two attached hydrogens (primary N) is 1. The van der Waals surface area contributed by atoms with Crippen LogP contribution in [0.15, 0.2) is 17.0 Å². The molecule has 114 valence electrons. The number of nitrogens with one attached hydrogen (secondary N) is 1. The molecule has 0 aliphatic carbocycles. The monoisotopic (exact) mass is 298 g/mol. The third kappa shape index (κ3) is 3.22. The van der Waals surface area contributed by atoms with Crippen LogP contribution in [-0.4, -0.2) is 8.42 Å². The van der Waals surface area contributed by atoms with Gasteiger partial charge in [-0.2, -0.15) is 4.83 Å². The molecule has 0 saturated heterocycles. The molecule has 1 aromatic rings. The van der Waals surface area contributed by atoms with E-state index >= 15 is 0 Å². The summed E-state index contributed by atoms with van der Waals surface area (Å²) in [6, 6.07) is 3.96. The Labute approximate surface area is 122 Å². The van der Waals surface area contributed by atoms with Gasteiger partial charge in [-0.15, -0.1) is 0 Å². The van der Waals surface area contributed by atoms with Gasteiger partial charge in [0, 0.05) is 0 Å². The average molecular weight is 298 g/mol. The molecule has 0 spiro atoms.